The summed E-state index contributed by atoms with van der Waals surface area (Å²) in [6, 6.07) is 9.07. The van der Waals surface area contributed by atoms with E-state index < -0.39 is 17.2 Å². The zero-order chi connectivity index (χ0) is 15.9. The molecule has 1 heterocycles. The largest absolute Gasteiger partial charge is 0.356 e. The second kappa shape index (κ2) is 7.76. The molecule has 0 aliphatic rings. The third-order valence-electron chi connectivity index (χ3n) is 2.59. The van der Waals surface area contributed by atoms with Crippen LogP contribution in [0.4, 0.5) is 9.93 Å². The third-order valence-corrected chi connectivity index (χ3v) is 4.65. The number of amides is 3. The lowest BCUT2D eigenvalue weighted by Gasteiger charge is -2.06. The van der Waals surface area contributed by atoms with Crippen LogP contribution in [0.15, 0.2) is 34.7 Å². The van der Waals surface area contributed by atoms with Gasteiger partial charge in [-0.25, -0.2) is 4.79 Å². The van der Waals surface area contributed by atoms with Crippen molar-refractivity contribution in [2.75, 3.05) is 5.32 Å². The van der Waals surface area contributed by atoms with Crippen LogP contribution in [0.2, 0.25) is 0 Å². The number of nitrogens with two attached hydrogens (primary N) is 1. The Labute approximate surface area is 135 Å². The van der Waals surface area contributed by atoms with E-state index in [1.807, 2.05) is 35.6 Å². The van der Waals surface area contributed by atoms with E-state index in [1.54, 1.807) is 6.92 Å². The number of aromatic nitrogens is 2. The quantitative estimate of drug-likeness (QED) is 0.694. The molecule has 9 heteroatoms. The fraction of sp³-hybridized carbons (Fsp3) is 0.231. The van der Waals surface area contributed by atoms with Crippen LogP contribution in [0.3, 0.4) is 0 Å². The predicted octanol–water partition coefficient (Wildman–Crippen LogP) is 1.83. The van der Waals surface area contributed by atoms with Crippen molar-refractivity contribution >= 4 is 40.2 Å². The number of imide groups is 1. The van der Waals surface area contributed by atoms with E-state index >= 15 is 0 Å². The standard InChI is InChI=1S/C13H15N5O2S2/c1-8(10(19)16-11(14)20)21-13-18-17-12(22-13)15-7-9-5-3-2-4-6-9/h2-6,8H,7H2,1H3,(H,15,17)(H3,14,16,19,20)/t8-/m0/s1. The molecule has 22 heavy (non-hydrogen) atoms. The fourth-order valence-corrected chi connectivity index (χ4v) is 3.42. The van der Waals surface area contributed by atoms with Crippen molar-refractivity contribution in [3.05, 3.63) is 35.9 Å². The lowest BCUT2D eigenvalue weighted by atomic mass is 10.2. The Hall–Kier alpha value is -2.13. The van der Waals surface area contributed by atoms with Crippen LogP contribution >= 0.6 is 23.1 Å². The monoisotopic (exact) mass is 337 g/mol. The number of anilines is 1. The van der Waals surface area contributed by atoms with Gasteiger partial charge in [0.25, 0.3) is 0 Å². The molecule has 2 rings (SSSR count). The van der Waals surface area contributed by atoms with Gasteiger partial charge in [0.05, 0.1) is 5.25 Å². The average molecular weight is 337 g/mol. The highest BCUT2D eigenvalue weighted by Crippen LogP contribution is 2.29. The molecule has 0 radical (unpaired) electrons. The van der Waals surface area contributed by atoms with Crippen LogP contribution in [0.25, 0.3) is 0 Å². The number of hydrogen-bond acceptors (Lipinski definition) is 7. The van der Waals surface area contributed by atoms with Gasteiger partial charge in [-0.05, 0) is 12.5 Å². The maximum atomic E-state index is 11.6. The van der Waals surface area contributed by atoms with Crippen molar-refractivity contribution in [2.24, 2.45) is 5.73 Å². The molecule has 0 fully saturated rings. The zero-order valence-corrected chi connectivity index (χ0v) is 13.4. The van der Waals surface area contributed by atoms with Crippen LogP contribution in [0.1, 0.15) is 12.5 Å². The fourth-order valence-electron chi connectivity index (χ4n) is 1.53. The lowest BCUT2D eigenvalue weighted by Crippen LogP contribution is -2.39. The first kappa shape index (κ1) is 16.2. The summed E-state index contributed by atoms with van der Waals surface area (Å²) in [5.41, 5.74) is 6.05. The van der Waals surface area contributed by atoms with Crippen LogP contribution < -0.4 is 16.4 Å². The summed E-state index contributed by atoms with van der Waals surface area (Å²) in [5.74, 6) is -0.452. The summed E-state index contributed by atoms with van der Waals surface area (Å²) in [6.45, 7) is 2.32. The molecule has 0 aliphatic carbocycles. The zero-order valence-electron chi connectivity index (χ0n) is 11.8. The average Bonchev–Trinajstić information content (AvgIpc) is 2.93. The van der Waals surface area contributed by atoms with Gasteiger partial charge in [0.1, 0.15) is 0 Å². The Bertz CT molecular complexity index is 647. The molecule has 1 atom stereocenters. The topological polar surface area (TPSA) is 110 Å². The molecule has 0 saturated heterocycles. The van der Waals surface area contributed by atoms with E-state index in [0.717, 1.165) is 5.56 Å². The van der Waals surface area contributed by atoms with Crippen LogP contribution in [-0.2, 0) is 11.3 Å². The van der Waals surface area contributed by atoms with E-state index in [-0.39, 0.29) is 0 Å². The molecule has 4 N–H and O–H groups in total. The van der Waals surface area contributed by atoms with Gasteiger partial charge in [-0.15, -0.1) is 10.2 Å². The molecule has 0 spiro atoms. The number of rotatable bonds is 6. The first-order chi connectivity index (χ1) is 10.5. The smallest absolute Gasteiger partial charge is 0.318 e. The SMILES string of the molecule is C[C@H](Sc1nnc(NCc2ccccc2)s1)C(=O)NC(N)=O. The molecule has 116 valence electrons. The Morgan fingerprint density at radius 3 is 2.73 bits per heavy atom. The number of hydrogen-bond donors (Lipinski definition) is 3. The van der Waals surface area contributed by atoms with Gasteiger partial charge in [-0.2, -0.15) is 0 Å². The van der Waals surface area contributed by atoms with Crippen LogP contribution in [0, 0.1) is 0 Å². The van der Waals surface area contributed by atoms with Crippen molar-refractivity contribution < 1.29 is 9.59 Å². The van der Waals surface area contributed by atoms with Gasteiger partial charge < -0.3 is 11.1 Å². The van der Waals surface area contributed by atoms with E-state index in [2.05, 4.69) is 15.5 Å². The van der Waals surface area contributed by atoms with Crippen molar-refractivity contribution in [2.45, 2.75) is 23.1 Å². The number of nitrogens with one attached hydrogen (secondary N) is 2. The number of urea groups is 1. The second-order valence-corrected chi connectivity index (χ2v) is 6.89. The molecule has 1 aromatic heterocycles. The summed E-state index contributed by atoms with van der Waals surface area (Å²) in [6.07, 6.45) is 0. The molecular weight excluding hydrogens is 322 g/mol. The molecule has 7 nitrogen and oxygen atoms in total. The lowest BCUT2D eigenvalue weighted by molar-refractivity contribution is -0.119. The number of thioether (sulfide) groups is 1. The van der Waals surface area contributed by atoms with Gasteiger partial charge in [0.15, 0.2) is 4.34 Å². The van der Waals surface area contributed by atoms with Gasteiger partial charge in [0.2, 0.25) is 11.0 Å². The number of carbonyl (C=O) groups excluding carboxylic acids is 2. The minimum atomic E-state index is -0.861. The van der Waals surface area contributed by atoms with Crippen molar-refractivity contribution in [1.82, 2.24) is 15.5 Å². The number of primary amides is 1. The first-order valence-electron chi connectivity index (χ1n) is 6.43. The molecule has 0 aliphatic heterocycles. The number of benzene rings is 1. The Kier molecular flexibility index (Phi) is 5.73. The van der Waals surface area contributed by atoms with Crippen LogP contribution in [-0.4, -0.2) is 27.4 Å². The number of nitrogens with zero attached hydrogens (tertiary/aromatic N) is 2. The molecule has 0 unspecified atom stereocenters. The predicted molar refractivity (Wildman–Crippen MR) is 86.7 cm³/mol. The molecule has 3 amide bonds. The second-order valence-electron chi connectivity index (χ2n) is 4.33. The first-order valence-corrected chi connectivity index (χ1v) is 8.12. The van der Waals surface area contributed by atoms with E-state index in [0.29, 0.717) is 16.0 Å². The molecule has 1 aromatic carbocycles. The summed E-state index contributed by atoms with van der Waals surface area (Å²) in [7, 11) is 0. The number of carbonyl (C=O) groups is 2. The van der Waals surface area contributed by atoms with Gasteiger partial charge in [-0.1, -0.05) is 53.4 Å². The third kappa shape index (κ3) is 5.01. The van der Waals surface area contributed by atoms with Crippen molar-refractivity contribution in [3.8, 4) is 0 Å². The highest BCUT2D eigenvalue weighted by molar-refractivity contribution is 8.02. The minimum absolute atomic E-state index is 0.452. The van der Waals surface area contributed by atoms with Gasteiger partial charge in [0, 0.05) is 6.54 Å². The Morgan fingerprint density at radius 1 is 1.32 bits per heavy atom. The molecule has 0 bridgehead atoms. The van der Waals surface area contributed by atoms with Gasteiger partial charge >= 0.3 is 6.03 Å². The molecule has 2 aromatic rings. The van der Waals surface area contributed by atoms with E-state index in [1.165, 1.54) is 23.1 Å². The Morgan fingerprint density at radius 2 is 2.05 bits per heavy atom. The summed E-state index contributed by atoms with van der Waals surface area (Å²) in [5, 5.41) is 13.4. The Balaban J connectivity index is 1.86. The van der Waals surface area contributed by atoms with Crippen LogP contribution in [0.5, 0.6) is 0 Å². The molecule has 0 saturated carbocycles. The normalized spacial score (nSPS) is 11.7. The molecular formula is C13H15N5O2S2. The summed E-state index contributed by atoms with van der Waals surface area (Å²) in [4.78, 5) is 22.2. The minimum Gasteiger partial charge on any atom is -0.356 e. The summed E-state index contributed by atoms with van der Waals surface area (Å²) < 4.78 is 0.641. The van der Waals surface area contributed by atoms with Crippen molar-refractivity contribution in [1.29, 1.82) is 0 Å². The highest BCUT2D eigenvalue weighted by atomic mass is 32.2. The maximum Gasteiger partial charge on any atom is 0.318 e. The highest BCUT2D eigenvalue weighted by Gasteiger charge is 2.18. The maximum absolute atomic E-state index is 11.6. The summed E-state index contributed by atoms with van der Waals surface area (Å²) >= 11 is 2.57. The van der Waals surface area contributed by atoms with E-state index in [9.17, 15) is 9.59 Å². The van der Waals surface area contributed by atoms with Gasteiger partial charge in [-0.3, -0.25) is 10.1 Å². The van der Waals surface area contributed by atoms with Crippen molar-refractivity contribution in [3.63, 3.8) is 0 Å². The van der Waals surface area contributed by atoms with E-state index in [4.69, 9.17) is 5.73 Å².